The molecule has 10 nitrogen and oxygen atoms in total. The largest absolute Gasteiger partial charge is 0.472 e. The van der Waals surface area contributed by atoms with Crippen molar-refractivity contribution in [3.05, 3.63) is 15.3 Å². The number of halogens is 1. The SMILES string of the molecule is CS(=O)(=O)OCCCOc1nn(C2CCOC2)c(Cl)c1[N+](=O)[O-]. The van der Waals surface area contributed by atoms with Crippen molar-refractivity contribution in [3.8, 4) is 5.88 Å². The molecule has 1 saturated heterocycles. The van der Waals surface area contributed by atoms with Crippen molar-refractivity contribution in [2.24, 2.45) is 0 Å². The second-order valence-corrected chi connectivity index (χ2v) is 6.89. The highest BCUT2D eigenvalue weighted by molar-refractivity contribution is 7.85. The van der Waals surface area contributed by atoms with Crippen molar-refractivity contribution < 1.29 is 27.0 Å². The predicted molar refractivity (Wildman–Crippen MR) is 79.3 cm³/mol. The molecule has 1 aromatic heterocycles. The fourth-order valence-electron chi connectivity index (χ4n) is 2.03. The average molecular weight is 370 g/mol. The standard InChI is InChI=1S/C11H16ClN3O7S/c1-23(18,19)22-5-2-4-21-11-9(15(16)17)10(12)14(13-11)8-3-6-20-7-8/h8H,2-7H2,1H3. The summed E-state index contributed by atoms with van der Waals surface area (Å²) in [5.74, 6) is -0.203. The summed E-state index contributed by atoms with van der Waals surface area (Å²) < 4.78 is 38.0. The summed E-state index contributed by atoms with van der Waals surface area (Å²) in [6.07, 6.45) is 1.81. The Morgan fingerprint density at radius 2 is 2.26 bits per heavy atom. The number of ether oxygens (including phenoxy) is 2. The molecule has 0 amide bonds. The monoisotopic (exact) mass is 369 g/mol. The number of rotatable bonds is 8. The van der Waals surface area contributed by atoms with Gasteiger partial charge in [0.1, 0.15) is 0 Å². The Balaban J connectivity index is 2.02. The van der Waals surface area contributed by atoms with Crippen LogP contribution in [0.25, 0.3) is 0 Å². The van der Waals surface area contributed by atoms with Crippen molar-refractivity contribution in [2.75, 3.05) is 32.7 Å². The molecule has 23 heavy (non-hydrogen) atoms. The van der Waals surface area contributed by atoms with Gasteiger partial charge in [0.2, 0.25) is 5.15 Å². The van der Waals surface area contributed by atoms with Gasteiger partial charge in [0.25, 0.3) is 10.1 Å². The van der Waals surface area contributed by atoms with E-state index in [-0.39, 0.29) is 36.7 Å². The molecule has 1 aliphatic rings. The smallest absolute Gasteiger partial charge is 0.368 e. The fourth-order valence-corrected chi connectivity index (χ4v) is 2.78. The van der Waals surface area contributed by atoms with Crippen LogP contribution in [0, 0.1) is 10.1 Å². The number of nitro groups is 1. The van der Waals surface area contributed by atoms with E-state index in [0.29, 0.717) is 19.6 Å². The normalized spacial score (nSPS) is 18.3. The van der Waals surface area contributed by atoms with Crippen LogP contribution in [-0.4, -0.2) is 55.8 Å². The summed E-state index contributed by atoms with van der Waals surface area (Å²) >= 11 is 6.02. The lowest BCUT2D eigenvalue weighted by Crippen LogP contribution is -2.11. The zero-order chi connectivity index (χ0) is 17.0. The van der Waals surface area contributed by atoms with Crippen LogP contribution in [0.3, 0.4) is 0 Å². The highest BCUT2D eigenvalue weighted by Crippen LogP contribution is 2.37. The van der Waals surface area contributed by atoms with Gasteiger partial charge in [-0.1, -0.05) is 11.6 Å². The van der Waals surface area contributed by atoms with Crippen LogP contribution < -0.4 is 4.74 Å². The fraction of sp³-hybridized carbons (Fsp3) is 0.727. The van der Waals surface area contributed by atoms with Gasteiger partial charge in [0.15, 0.2) is 0 Å². The summed E-state index contributed by atoms with van der Waals surface area (Å²) in [5.41, 5.74) is -0.414. The average Bonchev–Trinajstić information content (AvgIpc) is 3.04. The topological polar surface area (TPSA) is 123 Å². The Morgan fingerprint density at radius 1 is 1.52 bits per heavy atom. The Hall–Kier alpha value is -1.43. The highest BCUT2D eigenvalue weighted by atomic mass is 35.5. The molecule has 130 valence electrons. The van der Waals surface area contributed by atoms with E-state index in [2.05, 4.69) is 9.28 Å². The van der Waals surface area contributed by atoms with Crippen molar-refractivity contribution in [3.63, 3.8) is 0 Å². The third-order valence-electron chi connectivity index (χ3n) is 3.06. The molecular formula is C11H16ClN3O7S. The van der Waals surface area contributed by atoms with Crippen LogP contribution in [0.1, 0.15) is 18.9 Å². The van der Waals surface area contributed by atoms with Crippen molar-refractivity contribution in [2.45, 2.75) is 18.9 Å². The van der Waals surface area contributed by atoms with Gasteiger partial charge >= 0.3 is 11.6 Å². The Morgan fingerprint density at radius 3 is 2.83 bits per heavy atom. The zero-order valence-electron chi connectivity index (χ0n) is 12.3. The van der Waals surface area contributed by atoms with Crippen LogP contribution in [-0.2, 0) is 19.0 Å². The van der Waals surface area contributed by atoms with E-state index in [1.54, 1.807) is 0 Å². The summed E-state index contributed by atoms with van der Waals surface area (Å²) in [7, 11) is -3.52. The Labute approximate surface area is 137 Å². The molecule has 2 rings (SSSR count). The number of hydrogen-bond acceptors (Lipinski definition) is 8. The van der Waals surface area contributed by atoms with Gasteiger partial charge in [-0.15, -0.1) is 5.10 Å². The van der Waals surface area contributed by atoms with E-state index in [9.17, 15) is 18.5 Å². The van der Waals surface area contributed by atoms with Crippen LogP contribution in [0.4, 0.5) is 5.69 Å². The van der Waals surface area contributed by atoms with Gasteiger partial charge < -0.3 is 9.47 Å². The third-order valence-corrected chi connectivity index (χ3v) is 4.00. The Kier molecular flexibility index (Phi) is 5.79. The van der Waals surface area contributed by atoms with E-state index in [4.69, 9.17) is 21.1 Å². The van der Waals surface area contributed by atoms with Crippen LogP contribution >= 0.6 is 11.6 Å². The maximum atomic E-state index is 11.1. The molecule has 0 spiro atoms. The van der Waals surface area contributed by atoms with Gasteiger partial charge in [-0.05, 0) is 6.42 Å². The van der Waals surface area contributed by atoms with Crippen molar-refractivity contribution >= 4 is 27.4 Å². The van der Waals surface area contributed by atoms with Crippen molar-refractivity contribution in [1.29, 1.82) is 0 Å². The van der Waals surface area contributed by atoms with Crippen molar-refractivity contribution in [1.82, 2.24) is 9.78 Å². The molecular weight excluding hydrogens is 354 g/mol. The molecule has 1 aliphatic heterocycles. The molecule has 2 heterocycles. The van der Waals surface area contributed by atoms with Gasteiger partial charge in [-0.25, -0.2) is 4.68 Å². The predicted octanol–water partition coefficient (Wildman–Crippen LogP) is 1.15. The maximum Gasteiger partial charge on any atom is 0.368 e. The molecule has 1 atom stereocenters. The molecule has 1 unspecified atom stereocenters. The molecule has 0 aromatic carbocycles. The summed E-state index contributed by atoms with van der Waals surface area (Å²) in [6, 6.07) is -0.174. The first kappa shape index (κ1) is 17.9. The quantitative estimate of drug-likeness (QED) is 0.289. The molecule has 0 N–H and O–H groups in total. The van der Waals surface area contributed by atoms with Crippen LogP contribution in [0.5, 0.6) is 5.88 Å². The number of hydrogen-bond donors (Lipinski definition) is 0. The first-order chi connectivity index (χ1) is 10.8. The second-order valence-electron chi connectivity index (χ2n) is 4.89. The van der Waals surface area contributed by atoms with E-state index >= 15 is 0 Å². The lowest BCUT2D eigenvalue weighted by Gasteiger charge is -2.07. The van der Waals surface area contributed by atoms with Gasteiger partial charge in [0.05, 0.1) is 37.0 Å². The summed E-state index contributed by atoms with van der Waals surface area (Å²) in [5, 5.41) is 15.1. The third kappa shape index (κ3) is 4.77. The molecule has 0 bridgehead atoms. The maximum absolute atomic E-state index is 11.1. The molecule has 1 fully saturated rings. The molecule has 1 aromatic rings. The zero-order valence-corrected chi connectivity index (χ0v) is 13.9. The molecule has 0 aliphatic carbocycles. The molecule has 0 saturated carbocycles. The van der Waals surface area contributed by atoms with Gasteiger partial charge in [-0.2, -0.15) is 8.42 Å². The van der Waals surface area contributed by atoms with Gasteiger partial charge in [-0.3, -0.25) is 14.3 Å². The van der Waals surface area contributed by atoms with E-state index in [1.807, 2.05) is 0 Å². The summed E-state index contributed by atoms with van der Waals surface area (Å²) in [4.78, 5) is 10.5. The minimum absolute atomic E-state index is 0.00483. The Bertz CT molecular complexity index is 669. The van der Waals surface area contributed by atoms with E-state index < -0.39 is 20.7 Å². The van der Waals surface area contributed by atoms with E-state index in [0.717, 1.165) is 6.26 Å². The first-order valence-electron chi connectivity index (χ1n) is 6.77. The number of aromatic nitrogens is 2. The lowest BCUT2D eigenvalue weighted by atomic mass is 10.3. The van der Waals surface area contributed by atoms with Crippen LogP contribution in [0.15, 0.2) is 0 Å². The second kappa shape index (κ2) is 7.43. The minimum atomic E-state index is -3.52. The molecule has 12 heteroatoms. The highest BCUT2D eigenvalue weighted by Gasteiger charge is 2.32. The molecule has 0 radical (unpaired) electrons. The van der Waals surface area contributed by atoms with E-state index in [1.165, 1.54) is 4.68 Å². The van der Waals surface area contributed by atoms with Gasteiger partial charge in [0, 0.05) is 13.0 Å². The summed E-state index contributed by atoms with van der Waals surface area (Å²) in [6.45, 7) is 0.830. The minimum Gasteiger partial charge on any atom is -0.472 e. The lowest BCUT2D eigenvalue weighted by molar-refractivity contribution is -0.385. The van der Waals surface area contributed by atoms with Crippen LogP contribution in [0.2, 0.25) is 5.15 Å². The first-order valence-corrected chi connectivity index (χ1v) is 8.96. The number of nitrogens with zero attached hydrogens (tertiary/aromatic N) is 3.